The van der Waals surface area contributed by atoms with Gasteiger partial charge < -0.3 is 0 Å². The Bertz CT molecular complexity index is 1280. The monoisotopic (exact) mass is 388 g/mol. The topological polar surface area (TPSA) is 71.4 Å². The van der Waals surface area contributed by atoms with Gasteiger partial charge >= 0.3 is 0 Å². The number of rotatable bonds is 4. The van der Waals surface area contributed by atoms with Crippen LogP contribution in [0.15, 0.2) is 95.9 Å². The Kier molecular flexibility index (Phi) is 4.55. The second-order valence-electron chi connectivity index (χ2n) is 6.41. The third-order valence-corrected chi connectivity index (χ3v) is 5.55. The Morgan fingerprint density at radius 2 is 1.29 bits per heavy atom. The van der Waals surface area contributed by atoms with Gasteiger partial charge in [0.2, 0.25) is 0 Å². The summed E-state index contributed by atoms with van der Waals surface area (Å²) in [4.78, 5) is 12.8. The molecular weight excluding hydrogens is 372 g/mol. The second kappa shape index (κ2) is 7.03. The van der Waals surface area contributed by atoms with Crippen molar-refractivity contribution in [2.45, 2.75) is 4.90 Å². The van der Waals surface area contributed by atoms with Crippen molar-refractivity contribution < 1.29 is 17.8 Å². The molecule has 0 saturated heterocycles. The molecule has 0 aliphatic rings. The average Bonchev–Trinajstić information content (AvgIpc) is 2.72. The molecule has 0 radical (unpaired) electrons. The van der Waals surface area contributed by atoms with Crippen molar-refractivity contribution in [3.63, 3.8) is 0 Å². The third-order valence-electron chi connectivity index (χ3n) is 4.65. The van der Waals surface area contributed by atoms with E-state index in [-0.39, 0.29) is 10.5 Å². The Hall–Kier alpha value is -3.28. The fourth-order valence-corrected chi connectivity index (χ4v) is 3.99. The molecule has 1 N–H and O–H groups in total. The molecule has 0 saturated carbocycles. The van der Waals surface area contributed by atoms with Gasteiger partial charge in [0.05, 0.1) is 5.56 Å². The lowest BCUT2D eigenvalue weighted by Gasteiger charge is -2.11. The lowest BCUT2D eigenvalue weighted by Crippen LogP contribution is -2.10. The standard InChI is InChI=1S/C23H16O4S/c24-23(19-12-10-17(11-13-19)16-6-2-1-3-7-16)22-20-9-5-4-8-18(20)14-15-21(22)28(25,26)27/h1-15H,(H,25,26,27). The van der Waals surface area contributed by atoms with Gasteiger partial charge in [0.15, 0.2) is 5.78 Å². The molecule has 28 heavy (non-hydrogen) atoms. The zero-order chi connectivity index (χ0) is 19.7. The van der Waals surface area contributed by atoms with Crippen LogP contribution in [0.1, 0.15) is 15.9 Å². The predicted molar refractivity (Wildman–Crippen MR) is 109 cm³/mol. The van der Waals surface area contributed by atoms with Gasteiger partial charge in [-0.1, -0.05) is 84.9 Å². The summed E-state index contributed by atoms with van der Waals surface area (Å²) in [5.74, 6) is -0.455. The quantitative estimate of drug-likeness (QED) is 0.395. The molecule has 4 aromatic carbocycles. The molecule has 5 heteroatoms. The van der Waals surface area contributed by atoms with Gasteiger partial charge in [-0.25, -0.2) is 0 Å². The average molecular weight is 388 g/mol. The first-order valence-corrected chi connectivity index (χ1v) is 10.1. The highest BCUT2D eigenvalue weighted by Crippen LogP contribution is 2.29. The van der Waals surface area contributed by atoms with Gasteiger partial charge in [-0.05, 0) is 28.0 Å². The molecular formula is C23H16O4S. The first-order valence-electron chi connectivity index (χ1n) is 8.64. The Labute approximate surface area is 162 Å². The SMILES string of the molecule is O=C(c1ccc(-c2ccccc2)cc1)c1c(S(=O)(=O)O)ccc2ccccc12. The van der Waals surface area contributed by atoms with Crippen molar-refractivity contribution in [2.24, 2.45) is 0 Å². The number of fused-ring (bicyclic) bond motifs is 1. The van der Waals surface area contributed by atoms with Crippen LogP contribution in [0, 0.1) is 0 Å². The van der Waals surface area contributed by atoms with Crippen LogP contribution < -0.4 is 0 Å². The van der Waals surface area contributed by atoms with Gasteiger partial charge in [0.1, 0.15) is 4.90 Å². The first kappa shape index (κ1) is 18.1. The number of hydrogen-bond donors (Lipinski definition) is 1. The lowest BCUT2D eigenvalue weighted by molar-refractivity contribution is 0.103. The molecule has 0 aromatic heterocycles. The summed E-state index contributed by atoms with van der Waals surface area (Å²) in [6.07, 6.45) is 0. The molecule has 0 fully saturated rings. The molecule has 138 valence electrons. The first-order chi connectivity index (χ1) is 13.4. The molecule has 0 unspecified atom stereocenters. The second-order valence-corrected chi connectivity index (χ2v) is 7.80. The summed E-state index contributed by atoms with van der Waals surface area (Å²) in [6, 6.07) is 26.6. The van der Waals surface area contributed by atoms with E-state index in [4.69, 9.17) is 0 Å². The molecule has 0 spiro atoms. The van der Waals surface area contributed by atoms with Crippen LogP contribution in [0.3, 0.4) is 0 Å². The Morgan fingerprint density at radius 1 is 0.679 bits per heavy atom. The van der Waals surface area contributed by atoms with Crippen LogP contribution in [0.4, 0.5) is 0 Å². The van der Waals surface area contributed by atoms with Crippen LogP contribution in [-0.4, -0.2) is 18.8 Å². The number of carbonyl (C=O) groups is 1. The molecule has 0 heterocycles. The van der Waals surface area contributed by atoms with Crippen LogP contribution in [-0.2, 0) is 10.1 Å². The minimum absolute atomic E-state index is 0.0203. The molecule has 4 aromatic rings. The molecule has 0 aliphatic carbocycles. The molecule has 4 nitrogen and oxygen atoms in total. The summed E-state index contributed by atoms with van der Waals surface area (Å²) in [6.45, 7) is 0. The maximum Gasteiger partial charge on any atom is 0.295 e. The number of benzene rings is 4. The summed E-state index contributed by atoms with van der Waals surface area (Å²) in [5, 5.41) is 1.20. The minimum atomic E-state index is -4.55. The van der Waals surface area contributed by atoms with Crippen molar-refractivity contribution in [2.75, 3.05) is 0 Å². The van der Waals surface area contributed by atoms with E-state index in [2.05, 4.69) is 0 Å². The molecule has 0 aliphatic heterocycles. The molecule has 0 atom stereocenters. The van der Waals surface area contributed by atoms with E-state index in [1.807, 2.05) is 42.5 Å². The highest BCUT2D eigenvalue weighted by Gasteiger charge is 2.24. The van der Waals surface area contributed by atoms with E-state index in [0.717, 1.165) is 16.5 Å². The van der Waals surface area contributed by atoms with Crippen LogP contribution in [0.2, 0.25) is 0 Å². The fourth-order valence-electron chi connectivity index (χ4n) is 3.29. The van der Waals surface area contributed by atoms with Crippen molar-refractivity contribution in [3.05, 3.63) is 102 Å². The summed E-state index contributed by atoms with van der Waals surface area (Å²) < 4.78 is 33.4. The van der Waals surface area contributed by atoms with E-state index in [1.54, 1.807) is 42.5 Å². The smallest absolute Gasteiger partial charge is 0.289 e. The highest BCUT2D eigenvalue weighted by atomic mass is 32.2. The number of hydrogen-bond acceptors (Lipinski definition) is 3. The van der Waals surface area contributed by atoms with Gasteiger partial charge in [0.25, 0.3) is 10.1 Å². The van der Waals surface area contributed by atoms with Crippen molar-refractivity contribution >= 4 is 26.7 Å². The van der Waals surface area contributed by atoms with E-state index in [0.29, 0.717) is 10.9 Å². The van der Waals surface area contributed by atoms with Crippen LogP contribution >= 0.6 is 0 Å². The molecule has 0 bridgehead atoms. The maximum absolute atomic E-state index is 13.2. The Morgan fingerprint density at radius 3 is 1.96 bits per heavy atom. The van der Waals surface area contributed by atoms with Gasteiger partial charge in [-0.3, -0.25) is 9.35 Å². The zero-order valence-corrected chi connectivity index (χ0v) is 15.6. The van der Waals surface area contributed by atoms with Gasteiger partial charge in [-0.15, -0.1) is 0 Å². The van der Waals surface area contributed by atoms with Crippen LogP contribution in [0.25, 0.3) is 21.9 Å². The van der Waals surface area contributed by atoms with Crippen molar-refractivity contribution in [3.8, 4) is 11.1 Å². The summed E-state index contributed by atoms with van der Waals surface area (Å²) in [5.41, 5.74) is 2.30. The zero-order valence-electron chi connectivity index (χ0n) is 14.7. The third kappa shape index (κ3) is 3.33. The minimum Gasteiger partial charge on any atom is -0.289 e. The van der Waals surface area contributed by atoms with Gasteiger partial charge in [-0.2, -0.15) is 8.42 Å². The van der Waals surface area contributed by atoms with Crippen LogP contribution in [0.5, 0.6) is 0 Å². The van der Waals surface area contributed by atoms with Crippen molar-refractivity contribution in [1.82, 2.24) is 0 Å². The molecule has 4 rings (SSSR count). The normalized spacial score (nSPS) is 11.5. The highest BCUT2D eigenvalue weighted by molar-refractivity contribution is 7.86. The molecule has 0 amide bonds. The van der Waals surface area contributed by atoms with E-state index < -0.39 is 15.9 Å². The summed E-state index contributed by atoms with van der Waals surface area (Å²) in [7, 11) is -4.55. The number of ketones is 1. The van der Waals surface area contributed by atoms with E-state index >= 15 is 0 Å². The van der Waals surface area contributed by atoms with Crippen molar-refractivity contribution in [1.29, 1.82) is 0 Å². The maximum atomic E-state index is 13.2. The number of carbonyl (C=O) groups excluding carboxylic acids is 1. The predicted octanol–water partition coefficient (Wildman–Crippen LogP) is 4.98. The lowest BCUT2D eigenvalue weighted by atomic mass is 9.95. The fraction of sp³-hybridized carbons (Fsp3) is 0. The van der Waals surface area contributed by atoms with E-state index in [9.17, 15) is 17.8 Å². The van der Waals surface area contributed by atoms with Gasteiger partial charge in [0, 0.05) is 5.56 Å². The summed E-state index contributed by atoms with van der Waals surface area (Å²) >= 11 is 0. The Balaban J connectivity index is 1.85. The largest absolute Gasteiger partial charge is 0.295 e. The van der Waals surface area contributed by atoms with E-state index in [1.165, 1.54) is 6.07 Å².